The second kappa shape index (κ2) is 10.6. The van der Waals surface area contributed by atoms with Gasteiger partial charge < -0.3 is 14.4 Å². The van der Waals surface area contributed by atoms with Crippen molar-refractivity contribution in [1.82, 2.24) is 9.55 Å². The number of carboxylic acid groups (broad SMARTS) is 1. The second-order valence-electron chi connectivity index (χ2n) is 7.72. The van der Waals surface area contributed by atoms with E-state index in [4.69, 9.17) is 4.74 Å². The van der Waals surface area contributed by atoms with Gasteiger partial charge in [0.15, 0.2) is 0 Å². The first-order valence-electron chi connectivity index (χ1n) is 10.7. The van der Waals surface area contributed by atoms with Crippen LogP contribution in [0.1, 0.15) is 48.0 Å². The summed E-state index contributed by atoms with van der Waals surface area (Å²) in [6, 6.07) is 15.8. The lowest BCUT2D eigenvalue weighted by Crippen LogP contribution is -2.10. The van der Waals surface area contributed by atoms with Crippen molar-refractivity contribution in [2.75, 3.05) is 7.11 Å². The van der Waals surface area contributed by atoms with Crippen LogP contribution in [-0.4, -0.2) is 27.7 Å². The number of ether oxygens (including phenoxy) is 1. The van der Waals surface area contributed by atoms with E-state index in [2.05, 4.69) is 35.5 Å². The smallest absolute Gasteiger partial charge is 0.331 e. The monoisotopic (exact) mass is 418 g/mol. The van der Waals surface area contributed by atoms with E-state index in [-0.39, 0.29) is 0 Å². The number of aliphatic carboxylic acids is 1. The number of imidazole rings is 1. The van der Waals surface area contributed by atoms with Gasteiger partial charge in [-0.25, -0.2) is 9.78 Å². The topological polar surface area (TPSA) is 64.3 Å². The van der Waals surface area contributed by atoms with Crippen LogP contribution in [0.3, 0.4) is 0 Å². The minimum atomic E-state index is -0.922. The van der Waals surface area contributed by atoms with Crippen LogP contribution in [0, 0.1) is 6.92 Å². The molecule has 0 amide bonds. The molecule has 1 N–H and O–H groups in total. The van der Waals surface area contributed by atoms with E-state index < -0.39 is 5.97 Å². The molecule has 0 fully saturated rings. The molecule has 0 saturated heterocycles. The SMILES string of the molecule is CCCCc1ncc(/C=C(\Cc2ccc(OC)cc2)C(=O)O)n1Cc1ccccc1C. The van der Waals surface area contributed by atoms with E-state index in [9.17, 15) is 9.90 Å². The van der Waals surface area contributed by atoms with Gasteiger partial charge in [0, 0.05) is 25.0 Å². The minimum absolute atomic E-state index is 0.332. The zero-order valence-electron chi connectivity index (χ0n) is 18.5. The summed E-state index contributed by atoms with van der Waals surface area (Å²) in [6.07, 6.45) is 6.88. The minimum Gasteiger partial charge on any atom is -0.497 e. The molecule has 1 heterocycles. The van der Waals surface area contributed by atoms with Gasteiger partial charge in [-0.05, 0) is 48.2 Å². The largest absolute Gasteiger partial charge is 0.497 e. The molecule has 0 aliphatic heterocycles. The molecule has 1 aromatic heterocycles. The first-order valence-corrected chi connectivity index (χ1v) is 10.7. The number of benzene rings is 2. The highest BCUT2D eigenvalue weighted by Crippen LogP contribution is 2.20. The summed E-state index contributed by atoms with van der Waals surface area (Å²) >= 11 is 0. The van der Waals surface area contributed by atoms with E-state index in [0.717, 1.165) is 42.1 Å². The predicted octanol–water partition coefficient (Wildman–Crippen LogP) is 5.30. The summed E-state index contributed by atoms with van der Waals surface area (Å²) < 4.78 is 7.34. The maximum atomic E-state index is 12.0. The van der Waals surface area contributed by atoms with Crippen molar-refractivity contribution in [1.29, 1.82) is 0 Å². The standard InChI is InChI=1S/C26H30N2O3/c1-4-5-10-25-27-17-23(28(25)18-21-9-7-6-8-19(21)2)16-22(26(29)30)15-20-11-13-24(31-3)14-12-20/h6-9,11-14,16-17H,4-5,10,15,18H2,1-3H3,(H,29,30)/b22-16+. The van der Waals surface area contributed by atoms with Gasteiger partial charge in [-0.15, -0.1) is 0 Å². The summed E-state index contributed by atoms with van der Waals surface area (Å²) in [5.41, 5.74) is 4.49. The van der Waals surface area contributed by atoms with Crippen LogP contribution >= 0.6 is 0 Å². The van der Waals surface area contributed by atoms with Gasteiger partial charge in [0.1, 0.15) is 11.6 Å². The molecule has 0 atom stereocenters. The highest BCUT2D eigenvalue weighted by molar-refractivity contribution is 5.92. The molecule has 0 aliphatic carbocycles. The van der Waals surface area contributed by atoms with Crippen molar-refractivity contribution in [3.05, 3.63) is 88.5 Å². The Kier molecular flexibility index (Phi) is 7.65. The van der Waals surface area contributed by atoms with Crippen LogP contribution in [-0.2, 0) is 24.2 Å². The number of aryl methyl sites for hydroxylation is 2. The maximum absolute atomic E-state index is 12.0. The zero-order valence-corrected chi connectivity index (χ0v) is 18.5. The number of unbranched alkanes of at least 4 members (excludes halogenated alkanes) is 1. The molecule has 3 rings (SSSR count). The lowest BCUT2D eigenvalue weighted by molar-refractivity contribution is -0.132. The Labute approximate surface area is 184 Å². The lowest BCUT2D eigenvalue weighted by atomic mass is 10.0. The molecule has 0 radical (unpaired) electrons. The summed E-state index contributed by atoms with van der Waals surface area (Å²) in [5.74, 6) is 0.821. The third kappa shape index (κ3) is 5.85. The third-order valence-corrected chi connectivity index (χ3v) is 5.46. The summed E-state index contributed by atoms with van der Waals surface area (Å²) in [4.78, 5) is 16.6. The average Bonchev–Trinajstić information content (AvgIpc) is 3.14. The second-order valence-corrected chi connectivity index (χ2v) is 7.72. The van der Waals surface area contributed by atoms with Gasteiger partial charge in [-0.1, -0.05) is 49.7 Å². The molecule has 2 aromatic carbocycles. The van der Waals surface area contributed by atoms with Gasteiger partial charge in [0.25, 0.3) is 0 Å². The number of hydrogen-bond donors (Lipinski definition) is 1. The molecule has 162 valence electrons. The molecular weight excluding hydrogens is 388 g/mol. The van der Waals surface area contributed by atoms with Gasteiger partial charge >= 0.3 is 5.97 Å². The number of methoxy groups -OCH3 is 1. The van der Waals surface area contributed by atoms with Crippen molar-refractivity contribution in [3.8, 4) is 5.75 Å². The molecule has 0 aliphatic rings. The number of nitrogens with zero attached hydrogens (tertiary/aromatic N) is 2. The third-order valence-electron chi connectivity index (χ3n) is 5.46. The highest BCUT2D eigenvalue weighted by Gasteiger charge is 2.14. The van der Waals surface area contributed by atoms with Crippen LogP contribution in [0.5, 0.6) is 5.75 Å². The van der Waals surface area contributed by atoms with E-state index in [1.54, 1.807) is 19.4 Å². The van der Waals surface area contributed by atoms with Crippen molar-refractivity contribution in [2.24, 2.45) is 0 Å². The first-order chi connectivity index (χ1) is 15.0. The summed E-state index contributed by atoms with van der Waals surface area (Å²) in [6.45, 7) is 4.93. The predicted molar refractivity (Wildman–Crippen MR) is 123 cm³/mol. The fourth-order valence-electron chi connectivity index (χ4n) is 3.55. The summed E-state index contributed by atoms with van der Waals surface area (Å²) in [7, 11) is 1.61. The van der Waals surface area contributed by atoms with Gasteiger partial charge in [0.05, 0.1) is 19.0 Å². The Morgan fingerprint density at radius 2 is 1.90 bits per heavy atom. The van der Waals surface area contributed by atoms with Crippen LogP contribution in [0.4, 0.5) is 0 Å². The molecule has 5 heteroatoms. The van der Waals surface area contributed by atoms with Crippen molar-refractivity contribution in [3.63, 3.8) is 0 Å². The van der Waals surface area contributed by atoms with Gasteiger partial charge in [-0.2, -0.15) is 0 Å². The Hall–Kier alpha value is -3.34. The van der Waals surface area contributed by atoms with Crippen LogP contribution in [0.25, 0.3) is 6.08 Å². The zero-order chi connectivity index (χ0) is 22.2. The van der Waals surface area contributed by atoms with E-state index >= 15 is 0 Å². The average molecular weight is 419 g/mol. The maximum Gasteiger partial charge on any atom is 0.331 e. The Bertz CT molecular complexity index is 1050. The van der Waals surface area contributed by atoms with Crippen LogP contribution in [0.2, 0.25) is 0 Å². The Morgan fingerprint density at radius 3 is 2.55 bits per heavy atom. The molecular formula is C26H30N2O3. The molecule has 5 nitrogen and oxygen atoms in total. The van der Waals surface area contributed by atoms with E-state index in [0.29, 0.717) is 18.5 Å². The fraction of sp³-hybridized carbons (Fsp3) is 0.308. The fourth-order valence-corrected chi connectivity index (χ4v) is 3.55. The molecule has 0 spiro atoms. The number of carbonyl (C=O) groups is 1. The van der Waals surface area contributed by atoms with Crippen molar-refractivity contribution in [2.45, 2.75) is 46.1 Å². The quantitative estimate of drug-likeness (QED) is 0.454. The molecule has 0 unspecified atom stereocenters. The Morgan fingerprint density at radius 1 is 1.16 bits per heavy atom. The number of hydrogen-bond acceptors (Lipinski definition) is 3. The van der Waals surface area contributed by atoms with Gasteiger partial charge in [0.2, 0.25) is 0 Å². The van der Waals surface area contributed by atoms with Crippen molar-refractivity contribution >= 4 is 12.0 Å². The number of aromatic nitrogens is 2. The van der Waals surface area contributed by atoms with Gasteiger partial charge in [-0.3, -0.25) is 0 Å². The molecule has 0 saturated carbocycles. The normalized spacial score (nSPS) is 11.5. The number of carboxylic acids is 1. The van der Waals surface area contributed by atoms with E-state index in [1.807, 2.05) is 36.4 Å². The first kappa shape index (κ1) is 22.3. The molecule has 3 aromatic rings. The Balaban J connectivity index is 1.95. The van der Waals surface area contributed by atoms with Crippen LogP contribution < -0.4 is 4.74 Å². The molecule has 0 bridgehead atoms. The lowest BCUT2D eigenvalue weighted by Gasteiger charge is -2.13. The summed E-state index contributed by atoms with van der Waals surface area (Å²) in [5, 5.41) is 9.85. The van der Waals surface area contributed by atoms with E-state index in [1.165, 1.54) is 11.1 Å². The number of rotatable bonds is 10. The molecule has 31 heavy (non-hydrogen) atoms. The van der Waals surface area contributed by atoms with Crippen molar-refractivity contribution < 1.29 is 14.6 Å². The van der Waals surface area contributed by atoms with Crippen LogP contribution in [0.15, 0.2) is 60.3 Å². The highest BCUT2D eigenvalue weighted by atomic mass is 16.5.